The van der Waals surface area contributed by atoms with Crippen molar-refractivity contribution in [2.75, 3.05) is 31.8 Å². The van der Waals surface area contributed by atoms with Gasteiger partial charge in [-0.05, 0) is 43.2 Å². The van der Waals surface area contributed by atoms with Crippen LogP contribution in [-0.4, -0.2) is 38.7 Å². The standard InChI is InChI=1S/C23H25NO5/c1-4-12-24-19-9-7-6-8-17(19)18(23(24)26)13-16-10-11-20(21(14-16)27-3)29-15-22(25)28-5-2/h6-11,13-14H,4-5,12,15H2,1-3H3/b18-13-. The molecule has 6 nitrogen and oxygen atoms in total. The number of carbonyl (C=O) groups is 2. The Bertz CT molecular complexity index is 935. The van der Waals surface area contributed by atoms with E-state index in [1.54, 1.807) is 19.1 Å². The van der Waals surface area contributed by atoms with Crippen LogP contribution in [0.1, 0.15) is 31.4 Å². The Kier molecular flexibility index (Phi) is 6.54. The van der Waals surface area contributed by atoms with Crippen molar-refractivity contribution in [2.24, 2.45) is 0 Å². The molecule has 0 saturated carbocycles. The molecule has 0 spiro atoms. The molecule has 152 valence electrons. The molecule has 6 heteroatoms. The van der Waals surface area contributed by atoms with E-state index in [4.69, 9.17) is 14.2 Å². The maximum absolute atomic E-state index is 13.0. The van der Waals surface area contributed by atoms with E-state index in [2.05, 4.69) is 6.92 Å². The lowest BCUT2D eigenvalue weighted by atomic mass is 10.0. The predicted octanol–water partition coefficient (Wildman–Crippen LogP) is 3.93. The van der Waals surface area contributed by atoms with Gasteiger partial charge in [-0.1, -0.05) is 31.2 Å². The topological polar surface area (TPSA) is 65.1 Å². The summed E-state index contributed by atoms with van der Waals surface area (Å²) in [5.41, 5.74) is 3.32. The number of fused-ring (bicyclic) bond motifs is 1. The summed E-state index contributed by atoms with van der Waals surface area (Å²) in [6.45, 7) is 4.58. The highest BCUT2D eigenvalue weighted by molar-refractivity contribution is 6.35. The molecule has 0 fully saturated rings. The number of anilines is 1. The van der Waals surface area contributed by atoms with E-state index in [-0.39, 0.29) is 12.5 Å². The number of para-hydroxylation sites is 1. The van der Waals surface area contributed by atoms with E-state index >= 15 is 0 Å². The van der Waals surface area contributed by atoms with Gasteiger partial charge in [0.2, 0.25) is 0 Å². The van der Waals surface area contributed by atoms with Crippen molar-refractivity contribution < 1.29 is 23.8 Å². The second-order valence-corrected chi connectivity index (χ2v) is 6.54. The van der Waals surface area contributed by atoms with Gasteiger partial charge < -0.3 is 19.1 Å². The number of carbonyl (C=O) groups excluding carboxylic acids is 2. The Hall–Kier alpha value is -3.28. The summed E-state index contributed by atoms with van der Waals surface area (Å²) in [4.78, 5) is 26.3. The molecule has 3 rings (SSSR count). The maximum Gasteiger partial charge on any atom is 0.344 e. The van der Waals surface area contributed by atoms with Crippen LogP contribution in [0.4, 0.5) is 5.69 Å². The number of esters is 1. The van der Waals surface area contributed by atoms with Crippen LogP contribution < -0.4 is 14.4 Å². The molecule has 0 radical (unpaired) electrons. The fraction of sp³-hybridized carbons (Fsp3) is 0.304. The largest absolute Gasteiger partial charge is 0.493 e. The molecular weight excluding hydrogens is 370 g/mol. The van der Waals surface area contributed by atoms with Gasteiger partial charge in [-0.2, -0.15) is 0 Å². The van der Waals surface area contributed by atoms with Gasteiger partial charge in [-0.15, -0.1) is 0 Å². The van der Waals surface area contributed by atoms with Crippen LogP contribution >= 0.6 is 0 Å². The third kappa shape index (κ3) is 4.42. The third-order valence-electron chi connectivity index (χ3n) is 4.56. The lowest BCUT2D eigenvalue weighted by Crippen LogP contribution is -2.26. The van der Waals surface area contributed by atoms with E-state index < -0.39 is 5.97 Å². The van der Waals surface area contributed by atoms with Gasteiger partial charge in [0.05, 0.1) is 19.4 Å². The normalized spacial score (nSPS) is 14.1. The zero-order valence-corrected chi connectivity index (χ0v) is 16.9. The van der Waals surface area contributed by atoms with Crippen molar-refractivity contribution in [3.05, 3.63) is 53.6 Å². The smallest absolute Gasteiger partial charge is 0.344 e. The summed E-state index contributed by atoms with van der Waals surface area (Å²) < 4.78 is 15.8. The first-order valence-electron chi connectivity index (χ1n) is 9.68. The number of nitrogens with zero attached hydrogens (tertiary/aromatic N) is 1. The lowest BCUT2D eigenvalue weighted by Gasteiger charge is -2.15. The van der Waals surface area contributed by atoms with Gasteiger partial charge in [0.1, 0.15) is 0 Å². The van der Waals surface area contributed by atoms with E-state index in [0.717, 1.165) is 23.2 Å². The minimum Gasteiger partial charge on any atom is -0.493 e. The fourth-order valence-electron chi connectivity index (χ4n) is 3.29. The number of methoxy groups -OCH3 is 1. The fourth-order valence-corrected chi connectivity index (χ4v) is 3.29. The van der Waals surface area contributed by atoms with Gasteiger partial charge in [-0.3, -0.25) is 4.79 Å². The van der Waals surface area contributed by atoms with E-state index in [1.165, 1.54) is 7.11 Å². The predicted molar refractivity (Wildman–Crippen MR) is 112 cm³/mol. The second-order valence-electron chi connectivity index (χ2n) is 6.54. The molecule has 0 unspecified atom stereocenters. The molecule has 2 aromatic carbocycles. The van der Waals surface area contributed by atoms with Crippen molar-refractivity contribution in [3.63, 3.8) is 0 Å². The van der Waals surface area contributed by atoms with Crippen LogP contribution in [0.2, 0.25) is 0 Å². The van der Waals surface area contributed by atoms with E-state index in [0.29, 0.717) is 30.2 Å². The summed E-state index contributed by atoms with van der Waals surface area (Å²) in [6.07, 6.45) is 2.74. The quantitative estimate of drug-likeness (QED) is 0.500. The average Bonchev–Trinajstić information content (AvgIpc) is 2.99. The monoisotopic (exact) mass is 395 g/mol. The second kappa shape index (κ2) is 9.28. The SMILES string of the molecule is CCCN1C(=O)/C(=C\c2ccc(OCC(=O)OCC)c(OC)c2)c2ccccc21. The molecule has 0 aromatic heterocycles. The number of hydrogen-bond acceptors (Lipinski definition) is 5. The van der Waals surface area contributed by atoms with Gasteiger partial charge >= 0.3 is 5.97 Å². The molecule has 29 heavy (non-hydrogen) atoms. The Morgan fingerprint density at radius 2 is 1.90 bits per heavy atom. The highest BCUT2D eigenvalue weighted by Gasteiger charge is 2.31. The van der Waals surface area contributed by atoms with Crippen molar-refractivity contribution >= 4 is 29.2 Å². The molecule has 0 bridgehead atoms. The zero-order valence-electron chi connectivity index (χ0n) is 16.9. The first kappa shape index (κ1) is 20.5. The number of rotatable bonds is 8. The van der Waals surface area contributed by atoms with Crippen LogP contribution in [0.25, 0.3) is 11.6 Å². The minimum absolute atomic E-state index is 0.00495. The van der Waals surface area contributed by atoms with Gasteiger partial charge in [0, 0.05) is 17.7 Å². The van der Waals surface area contributed by atoms with Crippen LogP contribution in [-0.2, 0) is 14.3 Å². The number of benzene rings is 2. The summed E-state index contributed by atoms with van der Waals surface area (Å²) in [7, 11) is 1.53. The number of amides is 1. The molecule has 1 aliphatic rings. The number of hydrogen-bond donors (Lipinski definition) is 0. The van der Waals surface area contributed by atoms with Crippen molar-refractivity contribution in [3.8, 4) is 11.5 Å². The molecule has 1 heterocycles. The highest BCUT2D eigenvalue weighted by Crippen LogP contribution is 2.38. The van der Waals surface area contributed by atoms with Crippen molar-refractivity contribution in [2.45, 2.75) is 20.3 Å². The Balaban J connectivity index is 1.88. The maximum atomic E-state index is 13.0. The Morgan fingerprint density at radius 1 is 1.10 bits per heavy atom. The van der Waals surface area contributed by atoms with E-state index in [1.807, 2.05) is 41.3 Å². The zero-order chi connectivity index (χ0) is 20.8. The molecule has 0 N–H and O–H groups in total. The van der Waals surface area contributed by atoms with Crippen LogP contribution in [0, 0.1) is 0 Å². The highest BCUT2D eigenvalue weighted by atomic mass is 16.6. The summed E-state index contributed by atoms with van der Waals surface area (Å²) in [6, 6.07) is 13.1. The van der Waals surface area contributed by atoms with Gasteiger partial charge in [0.15, 0.2) is 18.1 Å². The van der Waals surface area contributed by atoms with Crippen LogP contribution in [0.5, 0.6) is 11.5 Å². The average molecular weight is 395 g/mol. The minimum atomic E-state index is -0.440. The van der Waals surface area contributed by atoms with Crippen LogP contribution in [0.3, 0.4) is 0 Å². The van der Waals surface area contributed by atoms with Crippen molar-refractivity contribution in [1.29, 1.82) is 0 Å². The number of ether oxygens (including phenoxy) is 3. The van der Waals surface area contributed by atoms with E-state index in [9.17, 15) is 9.59 Å². The van der Waals surface area contributed by atoms with Crippen molar-refractivity contribution in [1.82, 2.24) is 0 Å². The third-order valence-corrected chi connectivity index (χ3v) is 4.56. The molecule has 2 aromatic rings. The lowest BCUT2D eigenvalue weighted by molar-refractivity contribution is -0.145. The van der Waals surface area contributed by atoms with Gasteiger partial charge in [0.25, 0.3) is 5.91 Å². The summed E-state index contributed by atoms with van der Waals surface area (Å²) in [5.74, 6) is 0.473. The molecule has 0 atom stereocenters. The first-order valence-corrected chi connectivity index (χ1v) is 9.68. The van der Waals surface area contributed by atoms with Crippen LogP contribution in [0.15, 0.2) is 42.5 Å². The Labute approximate surface area is 170 Å². The molecule has 1 aliphatic heterocycles. The molecule has 1 amide bonds. The van der Waals surface area contributed by atoms with Gasteiger partial charge in [-0.25, -0.2) is 4.79 Å². The Morgan fingerprint density at radius 3 is 2.62 bits per heavy atom. The molecular formula is C23H25NO5. The molecule has 0 saturated heterocycles. The summed E-state index contributed by atoms with van der Waals surface area (Å²) >= 11 is 0. The molecule has 0 aliphatic carbocycles. The summed E-state index contributed by atoms with van der Waals surface area (Å²) in [5, 5.41) is 0. The first-order chi connectivity index (χ1) is 14.1.